The summed E-state index contributed by atoms with van der Waals surface area (Å²) in [6, 6.07) is 3.01. The molecule has 1 atom stereocenters. The zero-order valence-corrected chi connectivity index (χ0v) is 10.6. The van der Waals surface area contributed by atoms with E-state index in [0.29, 0.717) is 4.60 Å². The monoisotopic (exact) mass is 308 g/mol. The standard InChI is InChI=1S/C8H9BrN2O4S/c1-5(8(12)13)16(14,15)11-6-3-2-4-10-7(6)9/h2-5,11H,1H3,(H,12,13). The van der Waals surface area contributed by atoms with Gasteiger partial charge in [-0.1, -0.05) is 0 Å². The third kappa shape index (κ3) is 2.92. The second-order valence-corrected chi connectivity index (χ2v) is 5.72. The number of carboxylic acid groups (broad SMARTS) is 1. The predicted octanol–water partition coefficient (Wildman–Crippen LogP) is 1.06. The number of hydrogen-bond acceptors (Lipinski definition) is 4. The number of anilines is 1. The van der Waals surface area contributed by atoms with E-state index in [9.17, 15) is 13.2 Å². The predicted molar refractivity (Wildman–Crippen MR) is 61.6 cm³/mol. The van der Waals surface area contributed by atoms with Crippen LogP contribution < -0.4 is 4.72 Å². The Morgan fingerprint density at radius 1 is 1.62 bits per heavy atom. The lowest BCUT2D eigenvalue weighted by Gasteiger charge is -2.11. The van der Waals surface area contributed by atoms with Crippen molar-refractivity contribution in [1.29, 1.82) is 0 Å². The van der Waals surface area contributed by atoms with Gasteiger partial charge in [-0.25, -0.2) is 13.4 Å². The van der Waals surface area contributed by atoms with Crippen LogP contribution in [0.1, 0.15) is 6.92 Å². The first-order valence-electron chi connectivity index (χ1n) is 4.19. The maximum absolute atomic E-state index is 11.6. The normalized spacial score (nSPS) is 13.1. The Labute approximate surface area is 101 Å². The number of halogens is 1. The summed E-state index contributed by atoms with van der Waals surface area (Å²) in [4.78, 5) is 14.4. The van der Waals surface area contributed by atoms with Crippen LogP contribution in [0.4, 0.5) is 5.69 Å². The fraction of sp³-hybridized carbons (Fsp3) is 0.250. The van der Waals surface area contributed by atoms with E-state index in [4.69, 9.17) is 5.11 Å². The van der Waals surface area contributed by atoms with Crippen molar-refractivity contribution in [2.75, 3.05) is 4.72 Å². The van der Waals surface area contributed by atoms with Crippen LogP contribution in [-0.2, 0) is 14.8 Å². The number of sulfonamides is 1. The Balaban J connectivity index is 2.98. The van der Waals surface area contributed by atoms with Crippen LogP contribution in [0.5, 0.6) is 0 Å². The first-order valence-corrected chi connectivity index (χ1v) is 6.53. The molecule has 1 rings (SSSR count). The molecule has 0 radical (unpaired) electrons. The van der Waals surface area contributed by atoms with Crippen LogP contribution in [0.15, 0.2) is 22.9 Å². The van der Waals surface area contributed by atoms with Crippen molar-refractivity contribution >= 4 is 37.6 Å². The molecule has 0 bridgehead atoms. The van der Waals surface area contributed by atoms with E-state index in [-0.39, 0.29) is 5.69 Å². The van der Waals surface area contributed by atoms with E-state index in [1.807, 2.05) is 0 Å². The molecule has 2 N–H and O–H groups in total. The molecular formula is C8H9BrN2O4S. The second kappa shape index (κ2) is 4.79. The third-order valence-electron chi connectivity index (χ3n) is 1.82. The third-order valence-corrected chi connectivity index (χ3v) is 4.09. The number of nitrogens with one attached hydrogen (secondary N) is 1. The maximum atomic E-state index is 11.6. The molecule has 0 aromatic carbocycles. The van der Waals surface area contributed by atoms with Crippen LogP contribution >= 0.6 is 15.9 Å². The van der Waals surface area contributed by atoms with Gasteiger partial charge in [0.15, 0.2) is 5.25 Å². The van der Waals surface area contributed by atoms with Crippen LogP contribution in [0.3, 0.4) is 0 Å². The highest BCUT2D eigenvalue weighted by Gasteiger charge is 2.28. The number of carboxylic acids is 1. The lowest BCUT2D eigenvalue weighted by Crippen LogP contribution is -2.32. The molecule has 1 unspecified atom stereocenters. The van der Waals surface area contributed by atoms with Crippen LogP contribution in [0.25, 0.3) is 0 Å². The highest BCUT2D eigenvalue weighted by atomic mass is 79.9. The molecule has 6 nitrogen and oxygen atoms in total. The molecule has 1 aromatic rings. The van der Waals surface area contributed by atoms with E-state index < -0.39 is 21.2 Å². The summed E-state index contributed by atoms with van der Waals surface area (Å²) in [5, 5.41) is 7.09. The molecular weight excluding hydrogens is 300 g/mol. The van der Waals surface area contributed by atoms with E-state index in [2.05, 4.69) is 25.6 Å². The van der Waals surface area contributed by atoms with E-state index >= 15 is 0 Å². The van der Waals surface area contributed by atoms with E-state index in [1.165, 1.54) is 18.3 Å². The molecule has 0 spiro atoms. The first-order chi connectivity index (χ1) is 7.34. The summed E-state index contributed by atoms with van der Waals surface area (Å²) < 4.78 is 25.6. The Hall–Kier alpha value is -1.15. The molecule has 0 aliphatic rings. The lowest BCUT2D eigenvalue weighted by molar-refractivity contribution is -0.136. The van der Waals surface area contributed by atoms with Crippen molar-refractivity contribution in [1.82, 2.24) is 4.98 Å². The Morgan fingerprint density at radius 3 is 2.75 bits per heavy atom. The van der Waals surface area contributed by atoms with Crippen LogP contribution in [0, 0.1) is 0 Å². The number of carbonyl (C=O) groups is 1. The van der Waals surface area contributed by atoms with Gasteiger partial charge in [0, 0.05) is 6.20 Å². The van der Waals surface area contributed by atoms with Gasteiger partial charge in [-0.15, -0.1) is 0 Å². The molecule has 8 heteroatoms. The summed E-state index contributed by atoms with van der Waals surface area (Å²) in [5.74, 6) is -1.41. The number of rotatable bonds is 4. The largest absolute Gasteiger partial charge is 0.480 e. The maximum Gasteiger partial charge on any atom is 0.323 e. The van der Waals surface area contributed by atoms with E-state index in [1.54, 1.807) is 0 Å². The van der Waals surface area contributed by atoms with Gasteiger partial charge in [0.2, 0.25) is 10.0 Å². The van der Waals surface area contributed by atoms with Gasteiger partial charge in [-0.3, -0.25) is 9.52 Å². The Morgan fingerprint density at radius 2 is 2.25 bits per heavy atom. The van der Waals surface area contributed by atoms with Crippen molar-refractivity contribution in [3.05, 3.63) is 22.9 Å². The molecule has 0 amide bonds. The van der Waals surface area contributed by atoms with Crippen molar-refractivity contribution in [2.45, 2.75) is 12.2 Å². The molecule has 0 saturated heterocycles. The lowest BCUT2D eigenvalue weighted by atomic mass is 10.4. The van der Waals surface area contributed by atoms with Gasteiger partial charge in [0.1, 0.15) is 4.60 Å². The zero-order chi connectivity index (χ0) is 12.3. The molecule has 88 valence electrons. The second-order valence-electron chi connectivity index (χ2n) is 2.97. The smallest absolute Gasteiger partial charge is 0.323 e. The summed E-state index contributed by atoms with van der Waals surface area (Å²) in [5.41, 5.74) is 0.204. The number of hydrogen-bond donors (Lipinski definition) is 2. The van der Waals surface area contributed by atoms with Crippen LogP contribution in [0.2, 0.25) is 0 Å². The molecule has 0 aliphatic carbocycles. The highest BCUT2D eigenvalue weighted by molar-refractivity contribution is 9.10. The number of nitrogens with zero attached hydrogens (tertiary/aromatic N) is 1. The molecule has 0 aliphatic heterocycles. The minimum absolute atomic E-state index is 0.204. The Bertz CT molecular complexity index is 503. The average Bonchev–Trinajstić information content (AvgIpc) is 2.20. The van der Waals surface area contributed by atoms with Gasteiger partial charge in [0.05, 0.1) is 5.69 Å². The molecule has 1 heterocycles. The van der Waals surface area contributed by atoms with Crippen molar-refractivity contribution in [2.24, 2.45) is 0 Å². The SMILES string of the molecule is CC(C(=O)O)S(=O)(=O)Nc1cccnc1Br. The topological polar surface area (TPSA) is 96.4 Å². The molecule has 0 saturated carbocycles. The van der Waals surface area contributed by atoms with Gasteiger partial charge >= 0.3 is 5.97 Å². The molecule has 0 fully saturated rings. The molecule has 16 heavy (non-hydrogen) atoms. The average molecular weight is 309 g/mol. The van der Waals surface area contributed by atoms with Gasteiger partial charge in [-0.05, 0) is 35.0 Å². The number of aromatic nitrogens is 1. The van der Waals surface area contributed by atoms with Crippen molar-refractivity contribution in [3.63, 3.8) is 0 Å². The number of pyridine rings is 1. The summed E-state index contributed by atoms with van der Waals surface area (Å²) in [6.07, 6.45) is 1.47. The Kier molecular flexibility index (Phi) is 3.87. The minimum atomic E-state index is -3.95. The van der Waals surface area contributed by atoms with Gasteiger partial charge in [-0.2, -0.15) is 0 Å². The fourth-order valence-electron chi connectivity index (χ4n) is 0.837. The number of aliphatic carboxylic acids is 1. The highest BCUT2D eigenvalue weighted by Crippen LogP contribution is 2.20. The molecule has 1 aromatic heterocycles. The summed E-state index contributed by atoms with van der Waals surface area (Å²) in [7, 11) is -3.95. The van der Waals surface area contributed by atoms with E-state index in [0.717, 1.165) is 6.92 Å². The minimum Gasteiger partial charge on any atom is -0.480 e. The zero-order valence-electron chi connectivity index (χ0n) is 8.21. The quantitative estimate of drug-likeness (QED) is 0.811. The first kappa shape index (κ1) is 12.9. The van der Waals surface area contributed by atoms with Crippen LogP contribution in [-0.4, -0.2) is 29.7 Å². The fourth-order valence-corrected chi connectivity index (χ4v) is 2.23. The van der Waals surface area contributed by atoms with Crippen molar-refractivity contribution < 1.29 is 18.3 Å². The van der Waals surface area contributed by atoms with Gasteiger partial charge in [0.25, 0.3) is 0 Å². The summed E-state index contributed by atoms with van der Waals surface area (Å²) >= 11 is 3.05. The summed E-state index contributed by atoms with van der Waals surface area (Å²) in [6.45, 7) is 1.09. The van der Waals surface area contributed by atoms with Gasteiger partial charge < -0.3 is 5.11 Å². The van der Waals surface area contributed by atoms with Crippen molar-refractivity contribution in [3.8, 4) is 0 Å².